The molecule has 0 aromatic carbocycles. The molecule has 2 saturated heterocycles. The van der Waals surface area contributed by atoms with E-state index in [1.807, 2.05) is 32.7 Å². The zero-order valence-electron chi connectivity index (χ0n) is 16.5. The van der Waals surface area contributed by atoms with Crippen molar-refractivity contribution in [2.24, 2.45) is 0 Å². The molecule has 144 valence electrons. The first-order chi connectivity index (χ1) is 12.3. The van der Waals surface area contributed by atoms with Crippen molar-refractivity contribution >= 4 is 23.8 Å². The molecular formula is C18H31N7O. The third-order valence-corrected chi connectivity index (χ3v) is 4.61. The predicted molar refractivity (Wildman–Crippen MR) is 104 cm³/mol. The third-order valence-electron chi connectivity index (χ3n) is 4.61. The van der Waals surface area contributed by atoms with Gasteiger partial charge in [0, 0.05) is 38.8 Å². The summed E-state index contributed by atoms with van der Waals surface area (Å²) in [6, 6.07) is 0. The molecule has 0 aliphatic carbocycles. The van der Waals surface area contributed by atoms with Gasteiger partial charge >= 0.3 is 0 Å². The van der Waals surface area contributed by atoms with Crippen molar-refractivity contribution in [3.63, 3.8) is 0 Å². The van der Waals surface area contributed by atoms with E-state index in [-0.39, 0.29) is 18.0 Å². The van der Waals surface area contributed by atoms with Gasteiger partial charge in [-0.05, 0) is 46.5 Å². The van der Waals surface area contributed by atoms with Gasteiger partial charge in [0.25, 0.3) is 0 Å². The lowest BCUT2D eigenvalue weighted by Gasteiger charge is -2.25. The first-order valence-corrected chi connectivity index (χ1v) is 9.60. The van der Waals surface area contributed by atoms with Crippen LogP contribution >= 0.6 is 0 Å². The minimum atomic E-state index is -0.252. The van der Waals surface area contributed by atoms with E-state index in [4.69, 9.17) is 4.98 Å². The van der Waals surface area contributed by atoms with Gasteiger partial charge in [0.05, 0.1) is 6.54 Å². The molecule has 0 bridgehead atoms. The Morgan fingerprint density at radius 3 is 1.85 bits per heavy atom. The number of likely N-dealkylation sites (N-methyl/N-ethyl adjacent to an activating group) is 1. The first kappa shape index (κ1) is 18.7. The van der Waals surface area contributed by atoms with Gasteiger partial charge in [-0.3, -0.25) is 4.79 Å². The van der Waals surface area contributed by atoms with Crippen molar-refractivity contribution in [3.8, 4) is 0 Å². The molecule has 2 fully saturated rings. The fourth-order valence-electron chi connectivity index (χ4n) is 3.38. The zero-order valence-corrected chi connectivity index (χ0v) is 16.5. The van der Waals surface area contributed by atoms with Crippen LogP contribution in [0.25, 0.3) is 0 Å². The van der Waals surface area contributed by atoms with Gasteiger partial charge in [0.2, 0.25) is 23.8 Å². The average Bonchev–Trinajstić information content (AvgIpc) is 3.26. The number of hydrogen-bond donors (Lipinski definition) is 1. The largest absolute Gasteiger partial charge is 0.350 e. The quantitative estimate of drug-likeness (QED) is 0.850. The number of carbonyl (C=O) groups is 1. The summed E-state index contributed by atoms with van der Waals surface area (Å²) >= 11 is 0. The molecule has 0 atom stereocenters. The second kappa shape index (κ2) is 7.63. The van der Waals surface area contributed by atoms with Crippen LogP contribution in [0.1, 0.15) is 46.5 Å². The number of aromatic nitrogens is 3. The Balaban J connectivity index is 1.80. The van der Waals surface area contributed by atoms with Crippen molar-refractivity contribution in [2.75, 3.05) is 54.5 Å². The first-order valence-electron chi connectivity index (χ1n) is 9.60. The van der Waals surface area contributed by atoms with Crippen molar-refractivity contribution < 1.29 is 4.79 Å². The van der Waals surface area contributed by atoms with Crippen LogP contribution in [0.5, 0.6) is 0 Å². The second-order valence-corrected chi connectivity index (χ2v) is 8.28. The molecule has 0 spiro atoms. The Kier molecular flexibility index (Phi) is 5.48. The van der Waals surface area contributed by atoms with Crippen LogP contribution in [0.4, 0.5) is 17.8 Å². The number of carbonyl (C=O) groups excluding carboxylic acids is 1. The summed E-state index contributed by atoms with van der Waals surface area (Å²) in [7, 11) is 1.86. The van der Waals surface area contributed by atoms with Gasteiger partial charge in [0.1, 0.15) is 0 Å². The normalized spacial score (nSPS) is 17.7. The van der Waals surface area contributed by atoms with E-state index in [0.717, 1.165) is 38.1 Å². The summed E-state index contributed by atoms with van der Waals surface area (Å²) in [6.07, 6.45) is 4.68. The molecule has 0 saturated carbocycles. The summed E-state index contributed by atoms with van der Waals surface area (Å²) in [6.45, 7) is 10.1. The highest BCUT2D eigenvalue weighted by Gasteiger charge is 2.23. The number of hydrogen-bond acceptors (Lipinski definition) is 7. The van der Waals surface area contributed by atoms with Gasteiger partial charge in [-0.2, -0.15) is 15.0 Å². The standard InChI is InChI=1S/C18H31N7O/c1-18(2,3)22-14(26)13-23(4)15-19-16(24-9-5-6-10-24)21-17(20-15)25-11-7-8-12-25/h5-13H2,1-4H3,(H,22,26). The Morgan fingerprint density at radius 1 is 0.962 bits per heavy atom. The van der Waals surface area contributed by atoms with E-state index in [9.17, 15) is 4.79 Å². The van der Waals surface area contributed by atoms with Crippen LogP contribution < -0.4 is 20.0 Å². The fraction of sp³-hybridized carbons (Fsp3) is 0.778. The molecule has 2 aliphatic rings. The second-order valence-electron chi connectivity index (χ2n) is 8.28. The Hall–Kier alpha value is -2.12. The maximum atomic E-state index is 12.3. The molecule has 1 aromatic heterocycles. The van der Waals surface area contributed by atoms with E-state index < -0.39 is 0 Å². The van der Waals surface area contributed by atoms with Crippen LogP contribution in [0.15, 0.2) is 0 Å². The summed E-state index contributed by atoms with van der Waals surface area (Å²) in [5, 5.41) is 2.99. The van der Waals surface area contributed by atoms with E-state index in [2.05, 4.69) is 25.1 Å². The monoisotopic (exact) mass is 361 g/mol. The summed E-state index contributed by atoms with van der Waals surface area (Å²) < 4.78 is 0. The number of rotatable bonds is 5. The van der Waals surface area contributed by atoms with E-state index in [0.29, 0.717) is 5.95 Å². The number of nitrogens with one attached hydrogen (secondary N) is 1. The number of nitrogens with zero attached hydrogens (tertiary/aromatic N) is 6. The number of amides is 1. The molecule has 1 aromatic rings. The lowest BCUT2D eigenvalue weighted by Crippen LogP contribution is -2.45. The Morgan fingerprint density at radius 2 is 1.42 bits per heavy atom. The van der Waals surface area contributed by atoms with Crippen molar-refractivity contribution in [3.05, 3.63) is 0 Å². The van der Waals surface area contributed by atoms with Crippen LogP contribution in [-0.2, 0) is 4.79 Å². The van der Waals surface area contributed by atoms with Gasteiger partial charge in [-0.15, -0.1) is 0 Å². The molecule has 8 nitrogen and oxygen atoms in total. The molecule has 8 heteroatoms. The van der Waals surface area contributed by atoms with E-state index in [1.165, 1.54) is 25.7 Å². The maximum Gasteiger partial charge on any atom is 0.240 e. The average molecular weight is 361 g/mol. The highest BCUT2D eigenvalue weighted by molar-refractivity contribution is 5.81. The topological polar surface area (TPSA) is 77.5 Å². The van der Waals surface area contributed by atoms with Gasteiger partial charge in [-0.25, -0.2) is 0 Å². The molecule has 1 amide bonds. The molecule has 3 rings (SSSR count). The fourth-order valence-corrected chi connectivity index (χ4v) is 3.38. The number of anilines is 3. The highest BCUT2D eigenvalue weighted by Crippen LogP contribution is 2.23. The molecule has 2 aliphatic heterocycles. The SMILES string of the molecule is CN(CC(=O)NC(C)(C)C)c1nc(N2CCCC2)nc(N2CCCC2)n1. The van der Waals surface area contributed by atoms with Crippen molar-refractivity contribution in [1.29, 1.82) is 0 Å². The molecule has 3 heterocycles. The Bertz CT molecular complexity index is 597. The Labute approximate surface area is 156 Å². The lowest BCUT2D eigenvalue weighted by molar-refractivity contribution is -0.121. The molecule has 26 heavy (non-hydrogen) atoms. The van der Waals surface area contributed by atoms with Crippen molar-refractivity contribution in [1.82, 2.24) is 20.3 Å². The van der Waals surface area contributed by atoms with Gasteiger partial charge < -0.3 is 20.0 Å². The van der Waals surface area contributed by atoms with E-state index in [1.54, 1.807) is 0 Å². The highest BCUT2D eigenvalue weighted by atomic mass is 16.2. The van der Waals surface area contributed by atoms with Crippen LogP contribution in [0, 0.1) is 0 Å². The summed E-state index contributed by atoms with van der Waals surface area (Å²) in [4.78, 5) is 32.6. The maximum absolute atomic E-state index is 12.3. The third kappa shape index (κ3) is 4.74. The minimum Gasteiger partial charge on any atom is -0.350 e. The van der Waals surface area contributed by atoms with Crippen LogP contribution in [0.3, 0.4) is 0 Å². The predicted octanol–water partition coefficient (Wildman–Crippen LogP) is 1.42. The van der Waals surface area contributed by atoms with Crippen LogP contribution in [-0.4, -0.2) is 66.2 Å². The lowest BCUT2D eigenvalue weighted by atomic mass is 10.1. The van der Waals surface area contributed by atoms with Crippen LogP contribution in [0.2, 0.25) is 0 Å². The molecule has 0 radical (unpaired) electrons. The van der Waals surface area contributed by atoms with Crippen molar-refractivity contribution in [2.45, 2.75) is 52.0 Å². The summed E-state index contributed by atoms with van der Waals surface area (Å²) in [5.41, 5.74) is -0.252. The smallest absolute Gasteiger partial charge is 0.240 e. The van der Waals surface area contributed by atoms with Gasteiger partial charge in [-0.1, -0.05) is 0 Å². The van der Waals surface area contributed by atoms with Gasteiger partial charge in [0.15, 0.2) is 0 Å². The molecule has 1 N–H and O–H groups in total. The molecular weight excluding hydrogens is 330 g/mol. The molecule has 0 unspecified atom stereocenters. The minimum absolute atomic E-state index is 0.0362. The van der Waals surface area contributed by atoms with E-state index >= 15 is 0 Å². The zero-order chi connectivity index (χ0) is 18.7. The summed E-state index contributed by atoms with van der Waals surface area (Å²) in [5.74, 6) is 1.99.